The maximum Gasteiger partial charge on any atom is 0.0567 e. The second kappa shape index (κ2) is 2.28. The van der Waals surface area contributed by atoms with Gasteiger partial charge < -0.3 is 10.5 Å². The van der Waals surface area contributed by atoms with E-state index >= 15 is 0 Å². The molecule has 1 heterocycles. The molecule has 0 saturated carbocycles. The Hall–Kier alpha value is -0.0800. The quantitative estimate of drug-likeness (QED) is 0.475. The molecule has 2 N–H and O–H groups in total. The molecule has 2 heteroatoms. The minimum Gasteiger partial charge on any atom is -0.381 e. The first-order valence-corrected chi connectivity index (χ1v) is 2.27. The minimum absolute atomic E-state index is 0.0620. The number of hydrogen-bond donors (Lipinski definition) is 1. The van der Waals surface area contributed by atoms with Crippen molar-refractivity contribution in [1.29, 1.82) is 0 Å². The van der Waals surface area contributed by atoms with Gasteiger partial charge >= 0.3 is 0 Å². The van der Waals surface area contributed by atoms with Crippen LogP contribution in [0.15, 0.2) is 0 Å². The molecule has 2 nitrogen and oxygen atoms in total. The number of nitrogens with two attached hydrogens (primary N) is 1. The molecule has 0 unspecified atom stereocenters. The summed E-state index contributed by atoms with van der Waals surface area (Å²) in [6.07, 6.45) is 0.124. The van der Waals surface area contributed by atoms with Gasteiger partial charge in [0.05, 0.1) is 5.48 Å². The van der Waals surface area contributed by atoms with Gasteiger partial charge in [-0.3, -0.25) is 0 Å². The van der Waals surface area contributed by atoms with Crippen molar-refractivity contribution in [2.75, 3.05) is 13.1 Å². The van der Waals surface area contributed by atoms with Crippen molar-refractivity contribution >= 4 is 0 Å². The van der Waals surface area contributed by atoms with E-state index in [0.717, 1.165) is 0 Å². The Balaban J connectivity index is 2.66. The van der Waals surface area contributed by atoms with Gasteiger partial charge in [0.2, 0.25) is 0 Å². The van der Waals surface area contributed by atoms with Crippen LogP contribution in [0, 0.1) is 0 Å². The molecule has 0 bridgehead atoms. The van der Waals surface area contributed by atoms with Crippen LogP contribution in [0.1, 0.15) is 18.3 Å². The van der Waals surface area contributed by atoms with Crippen LogP contribution in [0.4, 0.5) is 0 Å². The zero-order chi connectivity index (χ0) is 8.70. The van der Waals surface area contributed by atoms with Crippen molar-refractivity contribution < 1.29 is 10.2 Å². The average Bonchev–Trinajstić information content (AvgIpc) is 1.49. The summed E-state index contributed by atoms with van der Waals surface area (Å²) in [7, 11) is 0. The van der Waals surface area contributed by atoms with Crippen molar-refractivity contribution in [3.63, 3.8) is 0 Å². The van der Waals surface area contributed by atoms with Crippen LogP contribution in [0.2, 0.25) is 0 Å². The molecule has 0 spiro atoms. The predicted octanol–water partition coefficient (Wildman–Crippen LogP) is 0.124. The molecule has 1 rings (SSSR count). The summed E-state index contributed by atoms with van der Waals surface area (Å²) >= 11 is 0. The van der Waals surface area contributed by atoms with Crippen molar-refractivity contribution in [3.8, 4) is 0 Å². The molecule has 42 valence electrons. The van der Waals surface area contributed by atoms with E-state index < -0.39 is 19.2 Å². The Morgan fingerprint density at radius 2 is 2.14 bits per heavy atom. The van der Waals surface area contributed by atoms with Crippen molar-refractivity contribution in [3.05, 3.63) is 0 Å². The fourth-order valence-corrected chi connectivity index (χ4v) is 0.421. The van der Waals surface area contributed by atoms with Crippen molar-refractivity contribution in [2.45, 2.75) is 18.9 Å². The molecule has 1 aliphatic rings. The molecule has 0 radical (unpaired) electrons. The lowest BCUT2D eigenvalue weighted by molar-refractivity contribution is 0.0866. The molecular formula is C5H11NO. The second-order valence-electron chi connectivity index (χ2n) is 1.56. The molecule has 0 aromatic heterocycles. The molecule has 1 saturated heterocycles. The molecule has 7 heavy (non-hydrogen) atoms. The summed E-state index contributed by atoms with van der Waals surface area (Å²) in [6.45, 7) is -3.83. The summed E-state index contributed by atoms with van der Waals surface area (Å²) < 4.78 is 33.1. The van der Waals surface area contributed by atoms with E-state index in [-0.39, 0.29) is 12.8 Å². The zero-order valence-corrected chi connectivity index (χ0v) is 3.98. The molecule has 0 aromatic rings. The van der Waals surface area contributed by atoms with Crippen LogP contribution in [0.25, 0.3) is 0 Å². The van der Waals surface area contributed by atoms with Crippen LogP contribution in [0.5, 0.6) is 0 Å². The minimum atomic E-state index is -1.92. The fourth-order valence-electron chi connectivity index (χ4n) is 0.421. The van der Waals surface area contributed by atoms with Crippen LogP contribution >= 0.6 is 0 Å². The Bertz CT molecular complexity index is 145. The van der Waals surface area contributed by atoms with E-state index in [1.807, 2.05) is 0 Å². The third-order valence-corrected chi connectivity index (χ3v) is 0.835. The summed E-state index contributed by atoms with van der Waals surface area (Å²) in [6, 6.07) is -0.450. The van der Waals surface area contributed by atoms with Crippen molar-refractivity contribution in [1.82, 2.24) is 0 Å². The molecular weight excluding hydrogens is 90.1 g/mol. The van der Waals surface area contributed by atoms with Gasteiger partial charge in [0.15, 0.2) is 0 Å². The highest BCUT2D eigenvalue weighted by Crippen LogP contribution is 2.01. The van der Waals surface area contributed by atoms with Crippen LogP contribution in [0.3, 0.4) is 0 Å². The third kappa shape index (κ3) is 1.45. The van der Waals surface area contributed by atoms with Crippen molar-refractivity contribution in [2.24, 2.45) is 5.73 Å². The van der Waals surface area contributed by atoms with Gasteiger partial charge in [-0.15, -0.1) is 0 Å². The topological polar surface area (TPSA) is 35.2 Å². The van der Waals surface area contributed by atoms with Gasteiger partial charge in [0.1, 0.15) is 0 Å². The van der Waals surface area contributed by atoms with E-state index in [9.17, 15) is 0 Å². The first kappa shape index (κ1) is 2.03. The van der Waals surface area contributed by atoms with E-state index in [1.165, 1.54) is 0 Å². The maximum atomic E-state index is 7.14. The van der Waals surface area contributed by atoms with Crippen LogP contribution in [-0.4, -0.2) is 19.2 Å². The smallest absolute Gasteiger partial charge is 0.0567 e. The number of hydrogen-bond acceptors (Lipinski definition) is 2. The summed E-state index contributed by atoms with van der Waals surface area (Å²) in [5.41, 5.74) is 5.43. The monoisotopic (exact) mass is 105 g/mol. The Kier molecular flexibility index (Phi) is 0.664. The van der Waals surface area contributed by atoms with Crippen LogP contribution < -0.4 is 5.73 Å². The first-order chi connectivity index (χ1) is 4.81. The first-order valence-electron chi connectivity index (χ1n) is 4.27. The molecule has 1 fully saturated rings. The highest BCUT2D eigenvalue weighted by molar-refractivity contribution is 4.63. The lowest BCUT2D eigenvalue weighted by Crippen LogP contribution is -2.28. The molecule has 0 atom stereocenters. The Morgan fingerprint density at radius 1 is 1.57 bits per heavy atom. The molecule has 0 aliphatic carbocycles. The van der Waals surface area contributed by atoms with E-state index in [0.29, 0.717) is 0 Å². The SMILES string of the molecule is [2H]C1([2H])CC(N)CC([2H])([2H])O1. The number of rotatable bonds is 0. The maximum absolute atomic E-state index is 7.14. The summed E-state index contributed by atoms with van der Waals surface area (Å²) in [4.78, 5) is 0. The summed E-state index contributed by atoms with van der Waals surface area (Å²) in [5, 5.41) is 0. The lowest BCUT2D eigenvalue weighted by atomic mass is 10.1. The third-order valence-electron chi connectivity index (χ3n) is 0.835. The van der Waals surface area contributed by atoms with Gasteiger partial charge in [0, 0.05) is 19.2 Å². The van der Waals surface area contributed by atoms with E-state index in [1.54, 1.807) is 0 Å². The Morgan fingerprint density at radius 3 is 2.57 bits per heavy atom. The van der Waals surface area contributed by atoms with Gasteiger partial charge in [-0.05, 0) is 12.8 Å². The summed E-state index contributed by atoms with van der Waals surface area (Å²) in [5.74, 6) is 0. The lowest BCUT2D eigenvalue weighted by Gasteiger charge is -2.16. The van der Waals surface area contributed by atoms with E-state index in [2.05, 4.69) is 4.74 Å². The Labute approximate surface area is 49.3 Å². The van der Waals surface area contributed by atoms with Gasteiger partial charge in [-0.25, -0.2) is 0 Å². The van der Waals surface area contributed by atoms with E-state index in [4.69, 9.17) is 11.2 Å². The highest BCUT2D eigenvalue weighted by Gasteiger charge is 2.06. The van der Waals surface area contributed by atoms with Gasteiger partial charge in [0.25, 0.3) is 0 Å². The standard InChI is InChI=1S/C5H11NO/c6-5-1-3-7-4-2-5/h5H,1-4,6H2/i3D2,4D2. The molecule has 0 amide bonds. The largest absolute Gasteiger partial charge is 0.381 e. The molecule has 0 aromatic carbocycles. The second-order valence-corrected chi connectivity index (χ2v) is 1.56. The highest BCUT2D eigenvalue weighted by atomic mass is 16.5. The number of ether oxygens (including phenoxy) is 1. The zero-order valence-electron chi connectivity index (χ0n) is 7.98. The van der Waals surface area contributed by atoms with Gasteiger partial charge in [-0.1, -0.05) is 0 Å². The fraction of sp³-hybridized carbons (Fsp3) is 1.00. The molecule has 1 aliphatic heterocycles. The normalized spacial score (nSPS) is 48.1. The van der Waals surface area contributed by atoms with Gasteiger partial charge in [-0.2, -0.15) is 0 Å². The average molecular weight is 105 g/mol. The predicted molar refractivity (Wildman–Crippen MR) is 28.0 cm³/mol. The van der Waals surface area contributed by atoms with Crippen LogP contribution in [-0.2, 0) is 4.74 Å².